The van der Waals surface area contributed by atoms with Gasteiger partial charge in [0.1, 0.15) is 0 Å². The van der Waals surface area contributed by atoms with E-state index in [9.17, 15) is 14.7 Å². The zero-order valence-corrected chi connectivity index (χ0v) is 14.1. The third-order valence-electron chi connectivity index (χ3n) is 4.51. The van der Waals surface area contributed by atoms with Gasteiger partial charge in [0.05, 0.1) is 30.8 Å². The number of aryl methyl sites for hydroxylation is 2. The second kappa shape index (κ2) is 7.12. The molecule has 1 fully saturated rings. The molecule has 128 valence electrons. The van der Waals surface area contributed by atoms with Crippen molar-refractivity contribution in [2.24, 2.45) is 0 Å². The minimum Gasteiger partial charge on any atom is -0.394 e. The van der Waals surface area contributed by atoms with Crippen LogP contribution in [0.5, 0.6) is 0 Å². The van der Waals surface area contributed by atoms with Crippen LogP contribution in [0.4, 0.5) is 0 Å². The van der Waals surface area contributed by atoms with Crippen LogP contribution in [0.25, 0.3) is 0 Å². The van der Waals surface area contributed by atoms with Crippen LogP contribution in [0.1, 0.15) is 37.6 Å². The Kier molecular flexibility index (Phi) is 5.41. The zero-order chi connectivity index (χ0) is 17.0. The maximum atomic E-state index is 12.2. The molecule has 7 nitrogen and oxygen atoms in total. The van der Waals surface area contributed by atoms with E-state index in [1.807, 2.05) is 24.6 Å². The van der Waals surface area contributed by atoms with Gasteiger partial charge < -0.3 is 15.3 Å². The number of carbonyl (C=O) groups is 2. The van der Waals surface area contributed by atoms with Crippen LogP contribution in [0, 0.1) is 13.8 Å². The molecule has 1 aliphatic heterocycles. The van der Waals surface area contributed by atoms with Crippen LogP contribution in [-0.2, 0) is 16.1 Å². The fourth-order valence-electron chi connectivity index (χ4n) is 3.40. The topological polar surface area (TPSA) is 87.5 Å². The number of nitrogens with one attached hydrogen (secondary N) is 1. The normalized spacial score (nSPS) is 20.8. The number of likely N-dealkylation sites (tertiary alicyclic amines) is 1. The van der Waals surface area contributed by atoms with Gasteiger partial charge >= 0.3 is 0 Å². The molecular weight excluding hydrogens is 296 g/mol. The second-order valence-corrected chi connectivity index (χ2v) is 6.33. The van der Waals surface area contributed by atoms with Crippen molar-refractivity contribution < 1.29 is 14.7 Å². The average molecular weight is 322 g/mol. The van der Waals surface area contributed by atoms with Crippen molar-refractivity contribution in [3.63, 3.8) is 0 Å². The average Bonchev–Trinajstić information content (AvgIpc) is 3.03. The lowest BCUT2D eigenvalue weighted by atomic mass is 9.92. The van der Waals surface area contributed by atoms with Crippen LogP contribution in [0.2, 0.25) is 0 Å². The summed E-state index contributed by atoms with van der Waals surface area (Å²) in [6, 6.07) is 1.99. The SMILES string of the molecule is CC(=O)N1CCC[C@@]1(CO)CC(=O)NCCn1nc(C)cc1C. The number of nitrogens with zero attached hydrogens (tertiary/aromatic N) is 3. The van der Waals surface area contributed by atoms with Gasteiger partial charge in [0, 0.05) is 25.7 Å². The Morgan fingerprint density at radius 1 is 1.43 bits per heavy atom. The van der Waals surface area contributed by atoms with Crippen molar-refractivity contribution in [1.29, 1.82) is 0 Å². The highest BCUT2D eigenvalue weighted by atomic mass is 16.3. The van der Waals surface area contributed by atoms with Gasteiger partial charge in [-0.1, -0.05) is 0 Å². The van der Waals surface area contributed by atoms with E-state index in [2.05, 4.69) is 10.4 Å². The molecule has 23 heavy (non-hydrogen) atoms. The summed E-state index contributed by atoms with van der Waals surface area (Å²) in [5, 5.41) is 17.0. The van der Waals surface area contributed by atoms with Gasteiger partial charge in [0.2, 0.25) is 11.8 Å². The Morgan fingerprint density at radius 3 is 2.74 bits per heavy atom. The van der Waals surface area contributed by atoms with Crippen molar-refractivity contribution in [2.45, 2.75) is 52.1 Å². The number of aromatic nitrogens is 2. The number of aliphatic hydroxyl groups is 1. The van der Waals surface area contributed by atoms with Gasteiger partial charge in [-0.05, 0) is 32.8 Å². The summed E-state index contributed by atoms with van der Waals surface area (Å²) in [6.45, 7) is 6.90. The third kappa shape index (κ3) is 3.90. The number of carbonyl (C=O) groups excluding carboxylic acids is 2. The Balaban J connectivity index is 1.88. The highest BCUT2D eigenvalue weighted by molar-refractivity contribution is 5.80. The van der Waals surface area contributed by atoms with Gasteiger partial charge in [-0.2, -0.15) is 5.10 Å². The fourth-order valence-corrected chi connectivity index (χ4v) is 3.40. The third-order valence-corrected chi connectivity index (χ3v) is 4.51. The molecule has 2 heterocycles. The number of hydrogen-bond acceptors (Lipinski definition) is 4. The molecule has 0 radical (unpaired) electrons. The van der Waals surface area contributed by atoms with Crippen molar-refractivity contribution >= 4 is 11.8 Å². The molecular formula is C16H26N4O3. The molecule has 1 atom stereocenters. The molecule has 1 aliphatic rings. The largest absolute Gasteiger partial charge is 0.394 e. The predicted molar refractivity (Wildman–Crippen MR) is 85.8 cm³/mol. The minimum atomic E-state index is -0.742. The van der Waals surface area contributed by atoms with E-state index in [0.717, 1.165) is 17.8 Å². The van der Waals surface area contributed by atoms with E-state index in [-0.39, 0.29) is 24.8 Å². The van der Waals surface area contributed by atoms with Crippen LogP contribution in [-0.4, -0.2) is 56.8 Å². The first-order chi connectivity index (χ1) is 10.9. The molecule has 0 bridgehead atoms. The summed E-state index contributed by atoms with van der Waals surface area (Å²) in [4.78, 5) is 25.6. The molecule has 2 N–H and O–H groups in total. The van der Waals surface area contributed by atoms with Crippen LogP contribution >= 0.6 is 0 Å². The molecule has 0 saturated carbocycles. The molecule has 0 aromatic carbocycles. The summed E-state index contributed by atoms with van der Waals surface area (Å²) in [5.74, 6) is -0.235. The van der Waals surface area contributed by atoms with E-state index >= 15 is 0 Å². The van der Waals surface area contributed by atoms with Crippen LogP contribution < -0.4 is 5.32 Å². The summed E-state index contributed by atoms with van der Waals surface area (Å²) < 4.78 is 1.86. The highest BCUT2D eigenvalue weighted by Crippen LogP contribution is 2.32. The van der Waals surface area contributed by atoms with Gasteiger partial charge in [-0.15, -0.1) is 0 Å². The highest BCUT2D eigenvalue weighted by Gasteiger charge is 2.43. The Labute approximate surface area is 136 Å². The summed E-state index contributed by atoms with van der Waals surface area (Å²) in [7, 11) is 0. The van der Waals surface area contributed by atoms with E-state index in [4.69, 9.17) is 0 Å². The predicted octanol–water partition coefficient (Wildman–Crippen LogP) is 0.380. The lowest BCUT2D eigenvalue weighted by Crippen LogP contribution is -2.52. The van der Waals surface area contributed by atoms with Crippen molar-refractivity contribution in [2.75, 3.05) is 19.7 Å². The lowest BCUT2D eigenvalue weighted by molar-refractivity contribution is -0.137. The Hall–Kier alpha value is -1.89. The first-order valence-corrected chi connectivity index (χ1v) is 8.05. The fraction of sp³-hybridized carbons (Fsp3) is 0.688. The monoisotopic (exact) mass is 322 g/mol. The number of hydrogen-bond donors (Lipinski definition) is 2. The first-order valence-electron chi connectivity index (χ1n) is 8.05. The van der Waals surface area contributed by atoms with Gasteiger partial charge in [-0.25, -0.2) is 0 Å². The Morgan fingerprint density at radius 2 is 2.17 bits per heavy atom. The van der Waals surface area contributed by atoms with Crippen molar-refractivity contribution in [1.82, 2.24) is 20.0 Å². The van der Waals surface area contributed by atoms with Gasteiger partial charge in [0.15, 0.2) is 0 Å². The smallest absolute Gasteiger partial charge is 0.222 e. The summed E-state index contributed by atoms with van der Waals surface area (Å²) >= 11 is 0. The zero-order valence-electron chi connectivity index (χ0n) is 14.1. The molecule has 0 aliphatic carbocycles. The molecule has 0 spiro atoms. The quantitative estimate of drug-likeness (QED) is 0.792. The summed E-state index contributed by atoms with van der Waals surface area (Å²) in [5.41, 5.74) is 1.27. The van der Waals surface area contributed by atoms with E-state index in [1.54, 1.807) is 4.90 Å². The van der Waals surface area contributed by atoms with Gasteiger partial charge in [-0.3, -0.25) is 14.3 Å². The lowest BCUT2D eigenvalue weighted by Gasteiger charge is -2.36. The minimum absolute atomic E-state index is 0.0907. The molecule has 1 aromatic rings. The molecule has 2 rings (SSSR count). The number of aliphatic hydroxyl groups excluding tert-OH is 1. The van der Waals surface area contributed by atoms with Crippen LogP contribution in [0.15, 0.2) is 6.07 Å². The molecule has 0 unspecified atom stereocenters. The molecule has 1 saturated heterocycles. The number of amides is 2. The molecule has 1 aromatic heterocycles. The van der Waals surface area contributed by atoms with E-state index in [1.165, 1.54) is 6.92 Å². The van der Waals surface area contributed by atoms with Crippen molar-refractivity contribution in [3.05, 3.63) is 17.5 Å². The summed E-state index contributed by atoms with van der Waals surface area (Å²) in [6.07, 6.45) is 1.62. The maximum Gasteiger partial charge on any atom is 0.222 e. The molecule has 7 heteroatoms. The Bertz CT molecular complexity index is 584. The maximum absolute atomic E-state index is 12.2. The first kappa shape index (κ1) is 17.5. The van der Waals surface area contributed by atoms with Crippen molar-refractivity contribution in [3.8, 4) is 0 Å². The second-order valence-electron chi connectivity index (χ2n) is 6.33. The van der Waals surface area contributed by atoms with Gasteiger partial charge in [0.25, 0.3) is 0 Å². The van der Waals surface area contributed by atoms with E-state index < -0.39 is 5.54 Å². The number of rotatable bonds is 6. The standard InChI is InChI=1S/C16H26N4O3/c1-12-9-13(2)20(18-12)8-6-17-15(23)10-16(11-21)5-4-7-19(16)14(3)22/h9,21H,4-8,10-11H2,1-3H3,(H,17,23)/t16-/m0/s1. The van der Waals surface area contributed by atoms with E-state index in [0.29, 0.717) is 26.1 Å². The van der Waals surface area contributed by atoms with Crippen LogP contribution in [0.3, 0.4) is 0 Å². The molecule has 2 amide bonds.